The maximum absolute atomic E-state index is 9.85. The Morgan fingerprint density at radius 1 is 1.53 bits per heavy atom. The van der Waals surface area contributed by atoms with E-state index in [9.17, 15) is 5.11 Å². The molecule has 0 aliphatic heterocycles. The van der Waals surface area contributed by atoms with Crippen molar-refractivity contribution in [3.05, 3.63) is 36.7 Å². The summed E-state index contributed by atoms with van der Waals surface area (Å²) in [4.78, 5) is 0. The zero-order valence-corrected chi connectivity index (χ0v) is 9.69. The summed E-state index contributed by atoms with van der Waals surface area (Å²) in [7, 11) is 0. The van der Waals surface area contributed by atoms with E-state index in [1.54, 1.807) is 0 Å². The van der Waals surface area contributed by atoms with Gasteiger partial charge in [0.05, 0.1) is 6.10 Å². The normalized spacial score (nSPS) is 13.1. The van der Waals surface area contributed by atoms with E-state index < -0.39 is 0 Å². The van der Waals surface area contributed by atoms with Crippen molar-refractivity contribution in [3.8, 4) is 0 Å². The van der Waals surface area contributed by atoms with Gasteiger partial charge in [-0.1, -0.05) is 19.9 Å². The largest absolute Gasteiger partial charge is 0.388 e. The van der Waals surface area contributed by atoms with Crippen LogP contribution in [0.4, 0.5) is 0 Å². The smallest absolute Gasteiger partial charge is 0.0827 e. The predicted octanol–water partition coefficient (Wildman–Crippen LogP) is 3.14. The van der Waals surface area contributed by atoms with Crippen LogP contribution in [0, 0.1) is 5.92 Å². The van der Waals surface area contributed by atoms with Crippen LogP contribution in [0.2, 0.25) is 0 Å². The van der Waals surface area contributed by atoms with Crippen LogP contribution in [0.5, 0.6) is 0 Å². The number of aliphatic hydroxyl groups excluding tert-OH is 1. The molecule has 1 heterocycles. The number of hydrogen-bond acceptors (Lipinski definition) is 1. The SMILES string of the molecule is C=CCCCn1ccc(C(O)C(C)C)c1. The molecule has 2 heteroatoms. The van der Waals surface area contributed by atoms with E-state index in [0.717, 1.165) is 24.9 Å². The molecule has 0 aliphatic rings. The number of allylic oxidation sites excluding steroid dienone is 1. The number of hydrogen-bond donors (Lipinski definition) is 1. The highest BCUT2D eigenvalue weighted by atomic mass is 16.3. The van der Waals surface area contributed by atoms with Gasteiger partial charge < -0.3 is 9.67 Å². The van der Waals surface area contributed by atoms with Crippen LogP contribution in [0.3, 0.4) is 0 Å². The first-order chi connectivity index (χ1) is 7.15. The Labute approximate surface area is 92.2 Å². The van der Waals surface area contributed by atoms with Crippen molar-refractivity contribution in [2.45, 2.75) is 39.3 Å². The minimum atomic E-state index is -0.342. The molecular formula is C13H21NO. The number of unbranched alkanes of at least 4 members (excludes halogenated alkanes) is 1. The molecule has 0 fully saturated rings. The first-order valence-corrected chi connectivity index (χ1v) is 5.59. The first kappa shape index (κ1) is 12.1. The van der Waals surface area contributed by atoms with Gasteiger partial charge in [0.2, 0.25) is 0 Å². The highest BCUT2D eigenvalue weighted by Gasteiger charge is 2.12. The lowest BCUT2D eigenvalue weighted by molar-refractivity contribution is 0.127. The third-order valence-corrected chi connectivity index (χ3v) is 2.57. The zero-order chi connectivity index (χ0) is 11.3. The van der Waals surface area contributed by atoms with Gasteiger partial charge in [-0.2, -0.15) is 0 Å². The van der Waals surface area contributed by atoms with Gasteiger partial charge in [-0.05, 0) is 30.4 Å². The van der Waals surface area contributed by atoms with E-state index in [1.165, 1.54) is 0 Å². The van der Waals surface area contributed by atoms with Crippen molar-refractivity contribution in [3.63, 3.8) is 0 Å². The van der Waals surface area contributed by atoms with Crippen LogP contribution >= 0.6 is 0 Å². The molecule has 0 aliphatic carbocycles. The van der Waals surface area contributed by atoms with Crippen LogP contribution in [0.15, 0.2) is 31.1 Å². The molecule has 1 atom stereocenters. The average molecular weight is 207 g/mol. The Bertz CT molecular complexity index is 301. The summed E-state index contributed by atoms with van der Waals surface area (Å²) in [6.07, 6.45) is 7.81. The van der Waals surface area contributed by atoms with Crippen molar-refractivity contribution in [1.82, 2.24) is 4.57 Å². The second-order valence-electron chi connectivity index (χ2n) is 4.30. The minimum Gasteiger partial charge on any atom is -0.388 e. The van der Waals surface area contributed by atoms with Crippen molar-refractivity contribution in [1.29, 1.82) is 0 Å². The molecule has 84 valence electrons. The van der Waals surface area contributed by atoms with Gasteiger partial charge in [0.25, 0.3) is 0 Å². The van der Waals surface area contributed by atoms with Crippen molar-refractivity contribution < 1.29 is 5.11 Å². The van der Waals surface area contributed by atoms with Crippen molar-refractivity contribution >= 4 is 0 Å². The Hall–Kier alpha value is -1.02. The maximum Gasteiger partial charge on any atom is 0.0827 e. The van der Waals surface area contributed by atoms with Gasteiger partial charge in [-0.25, -0.2) is 0 Å². The standard InChI is InChI=1S/C13H21NO/c1-4-5-6-8-14-9-7-12(10-14)13(15)11(2)3/h4,7,9-11,13,15H,1,5-6,8H2,2-3H3. The average Bonchev–Trinajstić information content (AvgIpc) is 2.65. The summed E-state index contributed by atoms with van der Waals surface area (Å²) in [5.74, 6) is 0.272. The monoisotopic (exact) mass is 207 g/mol. The van der Waals surface area contributed by atoms with Crippen LogP contribution in [-0.2, 0) is 6.54 Å². The molecule has 1 unspecified atom stereocenters. The fourth-order valence-electron chi connectivity index (χ4n) is 1.58. The molecule has 2 nitrogen and oxygen atoms in total. The lowest BCUT2D eigenvalue weighted by Crippen LogP contribution is -2.04. The number of nitrogens with zero attached hydrogens (tertiary/aromatic N) is 1. The van der Waals surface area contributed by atoms with E-state index in [4.69, 9.17) is 0 Å². The minimum absolute atomic E-state index is 0.272. The molecule has 0 aromatic carbocycles. The summed E-state index contributed by atoms with van der Waals surface area (Å²) in [5.41, 5.74) is 1.02. The van der Waals surface area contributed by atoms with E-state index in [-0.39, 0.29) is 12.0 Å². The van der Waals surface area contributed by atoms with Gasteiger partial charge in [0.15, 0.2) is 0 Å². The van der Waals surface area contributed by atoms with Crippen LogP contribution < -0.4 is 0 Å². The van der Waals surface area contributed by atoms with Crippen molar-refractivity contribution in [2.75, 3.05) is 0 Å². The predicted molar refractivity (Wildman–Crippen MR) is 63.7 cm³/mol. The molecule has 0 saturated heterocycles. The number of rotatable bonds is 6. The maximum atomic E-state index is 9.85. The molecule has 0 radical (unpaired) electrons. The molecule has 0 bridgehead atoms. The van der Waals surface area contributed by atoms with Crippen LogP contribution in [-0.4, -0.2) is 9.67 Å². The molecule has 1 rings (SSSR count). The number of aliphatic hydroxyl groups is 1. The Morgan fingerprint density at radius 3 is 2.87 bits per heavy atom. The third kappa shape index (κ3) is 3.56. The highest BCUT2D eigenvalue weighted by molar-refractivity contribution is 5.14. The molecule has 0 amide bonds. The summed E-state index contributed by atoms with van der Waals surface area (Å²) in [5, 5.41) is 9.85. The molecule has 15 heavy (non-hydrogen) atoms. The topological polar surface area (TPSA) is 25.2 Å². The van der Waals surface area contributed by atoms with E-state index in [1.807, 2.05) is 38.4 Å². The third-order valence-electron chi connectivity index (χ3n) is 2.57. The van der Waals surface area contributed by atoms with E-state index in [2.05, 4.69) is 11.1 Å². The summed E-state index contributed by atoms with van der Waals surface area (Å²) >= 11 is 0. The van der Waals surface area contributed by atoms with Crippen molar-refractivity contribution in [2.24, 2.45) is 5.92 Å². The second-order valence-corrected chi connectivity index (χ2v) is 4.30. The van der Waals surface area contributed by atoms with Crippen LogP contribution in [0.1, 0.15) is 38.4 Å². The Balaban J connectivity index is 2.52. The Kier molecular flexibility index (Phi) is 4.63. The summed E-state index contributed by atoms with van der Waals surface area (Å²) < 4.78 is 2.13. The molecule has 1 aromatic rings. The molecule has 1 N–H and O–H groups in total. The van der Waals surface area contributed by atoms with Gasteiger partial charge >= 0.3 is 0 Å². The molecule has 1 aromatic heterocycles. The molecule has 0 spiro atoms. The van der Waals surface area contributed by atoms with Gasteiger partial charge in [0, 0.05) is 18.9 Å². The lowest BCUT2D eigenvalue weighted by Gasteiger charge is -2.12. The second kappa shape index (κ2) is 5.76. The molecular weight excluding hydrogens is 186 g/mol. The number of aryl methyl sites for hydroxylation is 1. The quantitative estimate of drug-likeness (QED) is 0.562. The van der Waals surface area contributed by atoms with Gasteiger partial charge in [-0.3, -0.25) is 0 Å². The van der Waals surface area contributed by atoms with Gasteiger partial charge in [0.1, 0.15) is 0 Å². The lowest BCUT2D eigenvalue weighted by atomic mass is 10.0. The fourth-order valence-corrected chi connectivity index (χ4v) is 1.58. The zero-order valence-electron chi connectivity index (χ0n) is 9.69. The summed E-state index contributed by atoms with van der Waals surface area (Å²) in [6.45, 7) is 8.75. The van der Waals surface area contributed by atoms with Crippen LogP contribution in [0.25, 0.3) is 0 Å². The fraction of sp³-hybridized carbons (Fsp3) is 0.538. The Morgan fingerprint density at radius 2 is 2.27 bits per heavy atom. The number of aromatic nitrogens is 1. The van der Waals surface area contributed by atoms with E-state index >= 15 is 0 Å². The summed E-state index contributed by atoms with van der Waals surface area (Å²) in [6, 6.07) is 2.00. The van der Waals surface area contributed by atoms with E-state index in [0.29, 0.717) is 0 Å². The molecule has 0 saturated carbocycles. The highest BCUT2D eigenvalue weighted by Crippen LogP contribution is 2.21. The first-order valence-electron chi connectivity index (χ1n) is 5.59. The van der Waals surface area contributed by atoms with Gasteiger partial charge in [-0.15, -0.1) is 6.58 Å².